The minimum absolute atomic E-state index is 0.0315. The molecular weight excluding hydrogens is 402 g/mol. The first-order chi connectivity index (χ1) is 14.4. The van der Waals surface area contributed by atoms with Crippen molar-refractivity contribution in [1.82, 2.24) is 15.6 Å². The molecule has 0 bridgehead atoms. The zero-order chi connectivity index (χ0) is 21.6. The number of hydrogen-bond donors (Lipinski definition) is 2. The highest BCUT2D eigenvalue weighted by Gasteiger charge is 2.34. The lowest BCUT2D eigenvalue weighted by Crippen LogP contribution is -2.45. The largest absolute Gasteiger partial charge is 0.491 e. The van der Waals surface area contributed by atoms with Gasteiger partial charge in [-0.1, -0.05) is 12.1 Å². The van der Waals surface area contributed by atoms with Crippen molar-refractivity contribution in [2.24, 2.45) is 4.99 Å². The molecule has 2 aromatic rings. The van der Waals surface area contributed by atoms with Crippen molar-refractivity contribution >= 4 is 11.8 Å². The number of aliphatic imine (C=N–C) groups is 1. The molecule has 1 aromatic heterocycles. The average molecular weight is 425 g/mol. The SMILES string of the molecule is CN=C(NCCOc1ccccc1C(F)(F)F)NC1CCN(c2ncccc2F)C1. The van der Waals surface area contributed by atoms with Gasteiger partial charge in [-0.2, -0.15) is 13.2 Å². The molecule has 1 atom stereocenters. The molecule has 2 N–H and O–H groups in total. The van der Waals surface area contributed by atoms with Crippen LogP contribution in [0.1, 0.15) is 12.0 Å². The summed E-state index contributed by atoms with van der Waals surface area (Å²) in [4.78, 5) is 10.1. The smallest absolute Gasteiger partial charge is 0.419 e. The van der Waals surface area contributed by atoms with E-state index in [1.807, 2.05) is 4.90 Å². The lowest BCUT2D eigenvalue weighted by molar-refractivity contribution is -0.138. The van der Waals surface area contributed by atoms with E-state index >= 15 is 0 Å². The Hall–Kier alpha value is -3.04. The lowest BCUT2D eigenvalue weighted by Gasteiger charge is -2.20. The summed E-state index contributed by atoms with van der Waals surface area (Å²) in [5.41, 5.74) is -0.805. The number of nitrogens with zero attached hydrogens (tertiary/aromatic N) is 3. The molecule has 1 aliphatic heterocycles. The highest BCUT2D eigenvalue weighted by Crippen LogP contribution is 2.35. The topological polar surface area (TPSA) is 61.8 Å². The number of aromatic nitrogens is 1. The molecule has 1 unspecified atom stereocenters. The maximum Gasteiger partial charge on any atom is 0.419 e. The van der Waals surface area contributed by atoms with Crippen LogP contribution in [0, 0.1) is 5.82 Å². The fourth-order valence-electron chi connectivity index (χ4n) is 3.23. The summed E-state index contributed by atoms with van der Waals surface area (Å²) in [6.07, 6.45) is -2.15. The Morgan fingerprint density at radius 3 is 2.80 bits per heavy atom. The number of hydrogen-bond acceptors (Lipinski definition) is 4. The summed E-state index contributed by atoms with van der Waals surface area (Å²) < 4.78 is 58.2. The molecule has 0 spiro atoms. The summed E-state index contributed by atoms with van der Waals surface area (Å²) in [6, 6.07) is 8.05. The molecule has 0 amide bonds. The molecule has 6 nitrogen and oxygen atoms in total. The third-order valence-electron chi connectivity index (χ3n) is 4.64. The van der Waals surface area contributed by atoms with Crippen LogP contribution in [-0.2, 0) is 6.18 Å². The van der Waals surface area contributed by atoms with Gasteiger partial charge in [-0.3, -0.25) is 4.99 Å². The van der Waals surface area contributed by atoms with E-state index in [-0.39, 0.29) is 30.8 Å². The summed E-state index contributed by atoms with van der Waals surface area (Å²) in [7, 11) is 1.60. The van der Waals surface area contributed by atoms with Gasteiger partial charge < -0.3 is 20.3 Å². The number of ether oxygens (including phenoxy) is 1. The van der Waals surface area contributed by atoms with Crippen LogP contribution in [0.3, 0.4) is 0 Å². The maximum atomic E-state index is 13.9. The number of para-hydroxylation sites is 1. The van der Waals surface area contributed by atoms with Gasteiger partial charge in [0.25, 0.3) is 0 Å². The van der Waals surface area contributed by atoms with Gasteiger partial charge in [-0.25, -0.2) is 9.37 Å². The Balaban J connectivity index is 1.46. The van der Waals surface area contributed by atoms with Crippen LogP contribution in [0.15, 0.2) is 47.6 Å². The highest BCUT2D eigenvalue weighted by molar-refractivity contribution is 5.80. The van der Waals surface area contributed by atoms with Crippen molar-refractivity contribution < 1.29 is 22.3 Å². The second-order valence-corrected chi connectivity index (χ2v) is 6.73. The molecule has 1 aromatic carbocycles. The first kappa shape index (κ1) is 21.7. The van der Waals surface area contributed by atoms with Crippen LogP contribution in [0.2, 0.25) is 0 Å². The molecule has 162 valence electrons. The van der Waals surface area contributed by atoms with Gasteiger partial charge in [0, 0.05) is 32.4 Å². The fourth-order valence-corrected chi connectivity index (χ4v) is 3.23. The molecule has 30 heavy (non-hydrogen) atoms. The minimum Gasteiger partial charge on any atom is -0.491 e. The molecular formula is C20H23F4N5O. The number of halogens is 4. The predicted molar refractivity (Wildman–Crippen MR) is 106 cm³/mol. The molecule has 1 aliphatic rings. The molecule has 0 radical (unpaired) electrons. The second-order valence-electron chi connectivity index (χ2n) is 6.73. The number of nitrogens with one attached hydrogen (secondary N) is 2. The fraction of sp³-hybridized carbons (Fsp3) is 0.400. The first-order valence-corrected chi connectivity index (χ1v) is 9.50. The van der Waals surface area contributed by atoms with Crippen molar-refractivity contribution in [3.8, 4) is 5.75 Å². The zero-order valence-corrected chi connectivity index (χ0v) is 16.4. The lowest BCUT2D eigenvalue weighted by atomic mass is 10.2. The van der Waals surface area contributed by atoms with Gasteiger partial charge in [-0.05, 0) is 30.7 Å². The average Bonchev–Trinajstić information content (AvgIpc) is 3.18. The number of alkyl halides is 3. The Morgan fingerprint density at radius 2 is 2.07 bits per heavy atom. The van der Waals surface area contributed by atoms with Gasteiger partial charge >= 0.3 is 6.18 Å². The Kier molecular flexibility index (Phi) is 6.96. The molecule has 1 saturated heterocycles. The van der Waals surface area contributed by atoms with E-state index in [1.54, 1.807) is 19.3 Å². The predicted octanol–water partition coefficient (Wildman–Crippen LogP) is 3.06. The summed E-state index contributed by atoms with van der Waals surface area (Å²) >= 11 is 0. The Labute approximate surface area is 172 Å². The van der Waals surface area contributed by atoms with Crippen molar-refractivity contribution in [1.29, 1.82) is 0 Å². The third kappa shape index (κ3) is 5.52. The number of guanidine groups is 1. The van der Waals surface area contributed by atoms with Crippen LogP contribution < -0.4 is 20.3 Å². The zero-order valence-electron chi connectivity index (χ0n) is 16.4. The normalized spacial score (nSPS) is 17.2. The van der Waals surface area contributed by atoms with Gasteiger partial charge in [0.05, 0.1) is 12.1 Å². The van der Waals surface area contributed by atoms with Crippen molar-refractivity contribution in [3.63, 3.8) is 0 Å². The number of pyridine rings is 1. The first-order valence-electron chi connectivity index (χ1n) is 9.50. The van der Waals surface area contributed by atoms with Gasteiger partial charge in [0.1, 0.15) is 12.4 Å². The van der Waals surface area contributed by atoms with E-state index in [1.165, 1.54) is 24.3 Å². The maximum absolute atomic E-state index is 13.9. The van der Waals surface area contributed by atoms with Crippen molar-refractivity contribution in [2.75, 3.05) is 38.2 Å². The standard InChI is InChI=1S/C20H23F4N5O/c1-25-19(27-10-12-30-17-7-3-2-5-15(17)20(22,23)24)28-14-8-11-29(13-14)18-16(21)6-4-9-26-18/h2-7,9,14H,8,10-13H2,1H3,(H2,25,27,28). The van der Waals surface area contributed by atoms with E-state index in [2.05, 4.69) is 20.6 Å². The van der Waals surface area contributed by atoms with Crippen LogP contribution in [-0.4, -0.2) is 50.3 Å². The molecule has 0 saturated carbocycles. The second kappa shape index (κ2) is 9.64. The number of benzene rings is 1. The van der Waals surface area contributed by atoms with Crippen LogP contribution in [0.4, 0.5) is 23.4 Å². The van der Waals surface area contributed by atoms with E-state index in [0.717, 1.165) is 12.5 Å². The number of rotatable bonds is 6. The molecule has 2 heterocycles. The summed E-state index contributed by atoms with van der Waals surface area (Å²) in [5.74, 6) is 0.244. The highest BCUT2D eigenvalue weighted by atomic mass is 19.4. The molecule has 3 rings (SSSR count). The summed E-state index contributed by atoms with van der Waals surface area (Å²) in [6.45, 7) is 1.50. The molecule has 1 fully saturated rings. The van der Waals surface area contributed by atoms with Crippen molar-refractivity contribution in [2.45, 2.75) is 18.6 Å². The molecule has 10 heteroatoms. The van der Waals surface area contributed by atoms with Gasteiger partial charge in [0.15, 0.2) is 17.6 Å². The Morgan fingerprint density at radius 1 is 1.27 bits per heavy atom. The molecule has 0 aliphatic carbocycles. The Bertz CT molecular complexity index is 874. The van der Waals surface area contributed by atoms with E-state index in [4.69, 9.17) is 4.74 Å². The van der Waals surface area contributed by atoms with Gasteiger partial charge in [0.2, 0.25) is 0 Å². The van der Waals surface area contributed by atoms with E-state index in [9.17, 15) is 17.6 Å². The van der Waals surface area contributed by atoms with E-state index in [0.29, 0.717) is 24.9 Å². The number of anilines is 1. The van der Waals surface area contributed by atoms with Gasteiger partial charge in [-0.15, -0.1) is 0 Å². The van der Waals surface area contributed by atoms with Crippen LogP contribution >= 0.6 is 0 Å². The monoisotopic (exact) mass is 425 g/mol. The minimum atomic E-state index is -4.47. The summed E-state index contributed by atoms with van der Waals surface area (Å²) in [5, 5.41) is 6.25. The van der Waals surface area contributed by atoms with E-state index < -0.39 is 11.7 Å². The third-order valence-corrected chi connectivity index (χ3v) is 4.64. The van der Waals surface area contributed by atoms with Crippen LogP contribution in [0.5, 0.6) is 5.75 Å². The quantitative estimate of drug-likeness (QED) is 0.322. The van der Waals surface area contributed by atoms with Crippen molar-refractivity contribution in [3.05, 3.63) is 54.0 Å². The van der Waals surface area contributed by atoms with Crippen LogP contribution in [0.25, 0.3) is 0 Å².